The first-order valence-corrected chi connectivity index (χ1v) is 8.78. The summed E-state index contributed by atoms with van der Waals surface area (Å²) in [5.74, 6) is 3.19. The fraction of sp³-hybridized carbons (Fsp3) is 0.579. The summed E-state index contributed by atoms with van der Waals surface area (Å²) in [6, 6.07) is 5.55. The smallest absolute Gasteiger partial charge is 0.251 e. The van der Waals surface area contributed by atoms with Crippen molar-refractivity contribution in [2.45, 2.75) is 51.0 Å². The number of aromatic nitrogens is 1. The fourth-order valence-electron chi connectivity index (χ4n) is 5.76. The third kappa shape index (κ3) is 2.19. The molecule has 4 fully saturated rings. The molecule has 4 aliphatic carbocycles. The van der Waals surface area contributed by atoms with E-state index in [-0.39, 0.29) is 11.4 Å². The Labute approximate surface area is 135 Å². The highest BCUT2D eigenvalue weighted by atomic mass is 16.3. The minimum absolute atomic E-state index is 0.0505. The van der Waals surface area contributed by atoms with Crippen LogP contribution in [-0.4, -0.2) is 16.4 Å². The fourth-order valence-corrected chi connectivity index (χ4v) is 5.76. The number of fused-ring (bicyclic) bond motifs is 1. The van der Waals surface area contributed by atoms with E-state index in [1.54, 1.807) is 0 Å². The molecule has 0 saturated heterocycles. The third-order valence-corrected chi connectivity index (χ3v) is 6.17. The number of rotatable bonds is 2. The van der Waals surface area contributed by atoms with Crippen LogP contribution in [0.3, 0.4) is 0 Å². The molecule has 23 heavy (non-hydrogen) atoms. The second-order valence-corrected chi connectivity index (χ2v) is 8.07. The number of carbonyl (C=O) groups excluding carboxylic acids is 1. The zero-order chi connectivity index (χ0) is 15.6. The molecule has 0 unspecified atom stereocenters. The van der Waals surface area contributed by atoms with Gasteiger partial charge in [0.25, 0.3) is 5.91 Å². The quantitative estimate of drug-likeness (QED) is 0.917. The molecule has 0 spiro atoms. The van der Waals surface area contributed by atoms with E-state index in [9.17, 15) is 4.79 Å². The molecule has 1 aromatic carbocycles. The molecule has 2 aromatic rings. The van der Waals surface area contributed by atoms with E-state index in [4.69, 9.17) is 4.42 Å². The predicted octanol–water partition coefficient (Wildman–Crippen LogP) is 3.83. The van der Waals surface area contributed by atoms with Crippen LogP contribution >= 0.6 is 0 Å². The van der Waals surface area contributed by atoms with Crippen LogP contribution in [0.4, 0.5) is 0 Å². The summed E-state index contributed by atoms with van der Waals surface area (Å²) in [7, 11) is 0. The van der Waals surface area contributed by atoms with Gasteiger partial charge in [0.15, 0.2) is 11.5 Å². The van der Waals surface area contributed by atoms with Gasteiger partial charge >= 0.3 is 0 Å². The monoisotopic (exact) mass is 310 g/mol. The van der Waals surface area contributed by atoms with Crippen molar-refractivity contribution < 1.29 is 9.21 Å². The van der Waals surface area contributed by atoms with Crippen molar-refractivity contribution in [3.8, 4) is 0 Å². The van der Waals surface area contributed by atoms with Gasteiger partial charge in [-0.05, 0) is 74.5 Å². The van der Waals surface area contributed by atoms with Crippen molar-refractivity contribution in [1.29, 1.82) is 0 Å². The van der Waals surface area contributed by atoms with Gasteiger partial charge in [-0.1, -0.05) is 0 Å². The molecule has 1 amide bonds. The number of hydrogen-bond acceptors (Lipinski definition) is 3. The Kier molecular flexibility index (Phi) is 2.71. The third-order valence-electron chi connectivity index (χ3n) is 6.17. The highest BCUT2D eigenvalue weighted by Gasteiger charge is 2.51. The lowest BCUT2D eigenvalue weighted by molar-refractivity contribution is -0.0167. The topological polar surface area (TPSA) is 55.1 Å². The predicted molar refractivity (Wildman–Crippen MR) is 87.1 cm³/mol. The molecule has 120 valence electrons. The van der Waals surface area contributed by atoms with Crippen LogP contribution in [0.15, 0.2) is 22.6 Å². The molecule has 4 bridgehead atoms. The minimum atomic E-state index is 0.0505. The molecule has 0 aliphatic heterocycles. The van der Waals surface area contributed by atoms with E-state index in [1.165, 1.54) is 38.5 Å². The number of aryl methyl sites for hydroxylation is 1. The van der Waals surface area contributed by atoms with Crippen LogP contribution in [-0.2, 0) is 0 Å². The Hall–Kier alpha value is -1.84. The number of nitrogens with zero attached hydrogens (tertiary/aromatic N) is 1. The summed E-state index contributed by atoms with van der Waals surface area (Å²) >= 11 is 0. The number of carbonyl (C=O) groups is 1. The number of hydrogen-bond donors (Lipinski definition) is 1. The van der Waals surface area contributed by atoms with Crippen LogP contribution in [0, 0.1) is 24.7 Å². The molecule has 0 radical (unpaired) electrons. The standard InChI is InChI=1S/C19H22N2O2/c1-11-20-16-7-15(2-3-17(16)23-11)18(22)21-19-8-12-4-13(9-19)6-14(5-12)10-19/h2-3,7,12-14H,4-6,8-10H2,1H3,(H,21,22). The number of benzene rings is 1. The molecule has 4 heteroatoms. The molecule has 1 heterocycles. The molecule has 6 rings (SSSR count). The maximum Gasteiger partial charge on any atom is 0.251 e. The Bertz CT molecular complexity index is 756. The summed E-state index contributed by atoms with van der Waals surface area (Å²) in [5, 5.41) is 3.42. The second kappa shape index (κ2) is 4.59. The van der Waals surface area contributed by atoms with Crippen molar-refractivity contribution in [1.82, 2.24) is 10.3 Å². The van der Waals surface area contributed by atoms with E-state index >= 15 is 0 Å². The van der Waals surface area contributed by atoms with Gasteiger partial charge < -0.3 is 9.73 Å². The van der Waals surface area contributed by atoms with Gasteiger partial charge in [-0.15, -0.1) is 0 Å². The minimum Gasteiger partial charge on any atom is -0.441 e. The summed E-state index contributed by atoms with van der Waals surface area (Å²) in [5.41, 5.74) is 2.26. The Morgan fingerprint density at radius 3 is 2.48 bits per heavy atom. The van der Waals surface area contributed by atoms with Gasteiger partial charge in [-0.25, -0.2) is 4.98 Å². The van der Waals surface area contributed by atoms with E-state index in [2.05, 4.69) is 10.3 Å². The zero-order valence-electron chi connectivity index (χ0n) is 13.5. The average molecular weight is 310 g/mol. The molecule has 1 N–H and O–H groups in total. The van der Waals surface area contributed by atoms with Gasteiger partial charge in [0.05, 0.1) is 0 Å². The van der Waals surface area contributed by atoms with Gasteiger partial charge in [-0.3, -0.25) is 4.79 Å². The SMILES string of the molecule is Cc1nc2cc(C(=O)NC34CC5CC(CC(C5)C3)C4)ccc2o1. The number of nitrogens with one attached hydrogen (secondary N) is 1. The molecular formula is C19H22N2O2. The van der Waals surface area contributed by atoms with E-state index < -0.39 is 0 Å². The summed E-state index contributed by atoms with van der Waals surface area (Å²) in [4.78, 5) is 17.1. The number of amides is 1. The summed E-state index contributed by atoms with van der Waals surface area (Å²) in [6.07, 6.45) is 7.69. The first kappa shape index (κ1) is 13.6. The Morgan fingerprint density at radius 1 is 1.17 bits per heavy atom. The lowest BCUT2D eigenvalue weighted by Gasteiger charge is -2.56. The molecule has 4 saturated carbocycles. The van der Waals surface area contributed by atoms with Crippen molar-refractivity contribution in [2.75, 3.05) is 0 Å². The maximum absolute atomic E-state index is 12.8. The molecule has 4 nitrogen and oxygen atoms in total. The molecule has 1 aromatic heterocycles. The lowest BCUT2D eigenvalue weighted by atomic mass is 9.53. The number of oxazole rings is 1. The van der Waals surface area contributed by atoms with E-state index in [1.807, 2.05) is 25.1 Å². The zero-order valence-corrected chi connectivity index (χ0v) is 13.5. The Balaban J connectivity index is 1.41. The molecular weight excluding hydrogens is 288 g/mol. The highest BCUT2D eigenvalue weighted by molar-refractivity contribution is 5.97. The van der Waals surface area contributed by atoms with Crippen molar-refractivity contribution >= 4 is 17.0 Å². The van der Waals surface area contributed by atoms with Crippen molar-refractivity contribution in [3.63, 3.8) is 0 Å². The van der Waals surface area contributed by atoms with Crippen molar-refractivity contribution in [3.05, 3.63) is 29.7 Å². The molecule has 0 atom stereocenters. The van der Waals surface area contributed by atoms with E-state index in [0.717, 1.165) is 28.9 Å². The first-order chi connectivity index (χ1) is 11.1. The summed E-state index contributed by atoms with van der Waals surface area (Å²) in [6.45, 7) is 1.83. The van der Waals surface area contributed by atoms with Gasteiger partial charge in [-0.2, -0.15) is 0 Å². The van der Waals surface area contributed by atoms with Crippen LogP contribution in [0.1, 0.15) is 54.8 Å². The van der Waals surface area contributed by atoms with Crippen molar-refractivity contribution in [2.24, 2.45) is 17.8 Å². The van der Waals surface area contributed by atoms with Gasteiger partial charge in [0.2, 0.25) is 0 Å². The normalized spacial score (nSPS) is 34.9. The van der Waals surface area contributed by atoms with Gasteiger partial charge in [0, 0.05) is 18.0 Å². The largest absolute Gasteiger partial charge is 0.441 e. The van der Waals surface area contributed by atoms with Crippen LogP contribution in [0.5, 0.6) is 0 Å². The maximum atomic E-state index is 12.8. The summed E-state index contributed by atoms with van der Waals surface area (Å²) < 4.78 is 5.49. The van der Waals surface area contributed by atoms with Gasteiger partial charge in [0.1, 0.15) is 5.52 Å². The Morgan fingerprint density at radius 2 is 1.83 bits per heavy atom. The van der Waals surface area contributed by atoms with E-state index in [0.29, 0.717) is 11.5 Å². The highest BCUT2D eigenvalue weighted by Crippen LogP contribution is 2.55. The molecule has 4 aliphatic rings. The van der Waals surface area contributed by atoms with Crippen LogP contribution < -0.4 is 5.32 Å². The van der Waals surface area contributed by atoms with Crippen LogP contribution in [0.25, 0.3) is 11.1 Å². The van der Waals surface area contributed by atoms with Crippen LogP contribution in [0.2, 0.25) is 0 Å². The second-order valence-electron chi connectivity index (χ2n) is 8.07. The average Bonchev–Trinajstić information content (AvgIpc) is 2.84. The first-order valence-electron chi connectivity index (χ1n) is 8.78. The lowest BCUT2D eigenvalue weighted by Crippen LogP contribution is -2.59.